The zero-order chi connectivity index (χ0) is 12.7. The highest BCUT2D eigenvalue weighted by Crippen LogP contribution is 2.20. The third-order valence-corrected chi connectivity index (χ3v) is 2.57. The highest BCUT2D eigenvalue weighted by molar-refractivity contribution is 5.67. The molecule has 0 spiro atoms. The molecule has 2 heterocycles. The predicted octanol–water partition coefficient (Wildman–Crippen LogP) is 2.26. The molecular weight excluding hydrogens is 238 g/mol. The second-order valence-corrected chi connectivity index (χ2v) is 3.80. The van der Waals surface area contributed by atoms with Gasteiger partial charge in [0.05, 0.1) is 5.69 Å². The Labute approximate surface area is 101 Å². The number of nitrogens with zero attached hydrogens (tertiary/aromatic N) is 3. The lowest BCUT2D eigenvalue weighted by molar-refractivity contribution is 0.509. The molecular formula is C12H8F2N4. The molecule has 0 aliphatic carbocycles. The van der Waals surface area contributed by atoms with Crippen LogP contribution in [0.3, 0.4) is 0 Å². The summed E-state index contributed by atoms with van der Waals surface area (Å²) >= 11 is 0. The Morgan fingerprint density at radius 2 is 1.94 bits per heavy atom. The van der Waals surface area contributed by atoms with Crippen molar-refractivity contribution in [3.63, 3.8) is 0 Å². The van der Waals surface area contributed by atoms with Crippen LogP contribution in [0.5, 0.6) is 0 Å². The summed E-state index contributed by atoms with van der Waals surface area (Å²) in [5, 5.41) is 4.15. The SMILES string of the molecule is Nc1cccn2nc(-c3ccc(F)c(F)c3)nc12. The maximum absolute atomic E-state index is 13.1. The van der Waals surface area contributed by atoms with Gasteiger partial charge in [0.1, 0.15) is 0 Å². The summed E-state index contributed by atoms with van der Waals surface area (Å²) in [7, 11) is 0. The Kier molecular flexibility index (Phi) is 2.22. The van der Waals surface area contributed by atoms with E-state index in [1.807, 2.05) is 0 Å². The van der Waals surface area contributed by atoms with Crippen LogP contribution in [-0.4, -0.2) is 14.6 Å². The Bertz CT molecular complexity index is 736. The zero-order valence-electron chi connectivity index (χ0n) is 9.14. The number of pyridine rings is 1. The molecule has 0 bridgehead atoms. The van der Waals surface area contributed by atoms with E-state index in [1.165, 1.54) is 10.6 Å². The molecule has 0 radical (unpaired) electrons. The van der Waals surface area contributed by atoms with Crippen LogP contribution in [0.4, 0.5) is 14.5 Å². The van der Waals surface area contributed by atoms with Gasteiger partial charge in [-0.3, -0.25) is 0 Å². The van der Waals surface area contributed by atoms with Gasteiger partial charge in [0.15, 0.2) is 23.1 Å². The van der Waals surface area contributed by atoms with E-state index in [2.05, 4.69) is 10.1 Å². The number of anilines is 1. The molecule has 6 heteroatoms. The minimum Gasteiger partial charge on any atom is -0.396 e. The van der Waals surface area contributed by atoms with Crippen LogP contribution >= 0.6 is 0 Å². The summed E-state index contributed by atoms with van der Waals surface area (Å²) in [6.45, 7) is 0. The van der Waals surface area contributed by atoms with Crippen LogP contribution in [0.1, 0.15) is 0 Å². The van der Waals surface area contributed by atoms with Crippen molar-refractivity contribution in [2.75, 3.05) is 5.73 Å². The van der Waals surface area contributed by atoms with E-state index in [1.54, 1.807) is 18.3 Å². The monoisotopic (exact) mass is 246 g/mol. The topological polar surface area (TPSA) is 56.2 Å². The first-order valence-corrected chi connectivity index (χ1v) is 5.21. The van der Waals surface area contributed by atoms with Crippen LogP contribution in [0.2, 0.25) is 0 Å². The number of benzene rings is 1. The molecule has 2 aromatic heterocycles. The lowest BCUT2D eigenvalue weighted by Crippen LogP contribution is -1.92. The average Bonchev–Trinajstić information content (AvgIpc) is 2.78. The number of hydrogen-bond acceptors (Lipinski definition) is 3. The number of halogens is 2. The van der Waals surface area contributed by atoms with E-state index >= 15 is 0 Å². The standard InChI is InChI=1S/C12H8F2N4/c13-8-4-3-7(6-9(8)14)11-16-12-10(15)2-1-5-18(12)17-11/h1-6H,15H2. The smallest absolute Gasteiger partial charge is 0.182 e. The van der Waals surface area contributed by atoms with Crippen molar-refractivity contribution in [2.45, 2.75) is 0 Å². The second kappa shape index (κ2) is 3.76. The highest BCUT2D eigenvalue weighted by atomic mass is 19.2. The van der Waals surface area contributed by atoms with Crippen molar-refractivity contribution in [3.8, 4) is 11.4 Å². The van der Waals surface area contributed by atoms with Crippen LogP contribution in [-0.2, 0) is 0 Å². The number of aromatic nitrogens is 3. The Morgan fingerprint density at radius 3 is 2.67 bits per heavy atom. The molecule has 1 aromatic carbocycles. The van der Waals surface area contributed by atoms with E-state index in [0.717, 1.165) is 12.1 Å². The first kappa shape index (κ1) is 10.6. The van der Waals surface area contributed by atoms with E-state index < -0.39 is 11.6 Å². The lowest BCUT2D eigenvalue weighted by Gasteiger charge is -1.95. The first-order valence-electron chi connectivity index (χ1n) is 5.21. The normalized spacial score (nSPS) is 11.0. The number of hydrogen-bond donors (Lipinski definition) is 1. The molecule has 3 aromatic rings. The van der Waals surface area contributed by atoms with Crippen LogP contribution in [0, 0.1) is 11.6 Å². The quantitative estimate of drug-likeness (QED) is 0.716. The van der Waals surface area contributed by atoms with Gasteiger partial charge < -0.3 is 5.73 Å². The van der Waals surface area contributed by atoms with Gasteiger partial charge in [-0.05, 0) is 30.3 Å². The number of nitrogens with two attached hydrogens (primary N) is 1. The van der Waals surface area contributed by atoms with Crippen molar-refractivity contribution < 1.29 is 8.78 Å². The summed E-state index contributed by atoms with van der Waals surface area (Å²) < 4.78 is 27.5. The van der Waals surface area contributed by atoms with Crippen LogP contribution in [0.15, 0.2) is 36.5 Å². The van der Waals surface area contributed by atoms with Gasteiger partial charge >= 0.3 is 0 Å². The summed E-state index contributed by atoms with van der Waals surface area (Å²) in [5.74, 6) is -1.53. The number of nitrogen functional groups attached to an aromatic ring is 1. The van der Waals surface area contributed by atoms with Crippen molar-refractivity contribution in [1.82, 2.24) is 14.6 Å². The van der Waals surface area contributed by atoms with Gasteiger partial charge in [0, 0.05) is 11.8 Å². The Balaban J connectivity index is 2.19. The van der Waals surface area contributed by atoms with Gasteiger partial charge in [0.25, 0.3) is 0 Å². The molecule has 2 N–H and O–H groups in total. The third-order valence-electron chi connectivity index (χ3n) is 2.57. The van der Waals surface area contributed by atoms with Gasteiger partial charge in [-0.15, -0.1) is 5.10 Å². The molecule has 0 unspecified atom stereocenters. The predicted molar refractivity (Wildman–Crippen MR) is 62.8 cm³/mol. The van der Waals surface area contributed by atoms with Crippen LogP contribution < -0.4 is 5.73 Å². The van der Waals surface area contributed by atoms with Gasteiger partial charge in [-0.25, -0.2) is 18.3 Å². The minimum atomic E-state index is -0.931. The fourth-order valence-corrected chi connectivity index (χ4v) is 1.68. The lowest BCUT2D eigenvalue weighted by atomic mass is 10.2. The molecule has 0 saturated carbocycles. The average molecular weight is 246 g/mol. The molecule has 0 saturated heterocycles. The third kappa shape index (κ3) is 1.58. The van der Waals surface area contributed by atoms with E-state index in [0.29, 0.717) is 22.7 Å². The van der Waals surface area contributed by atoms with E-state index in [9.17, 15) is 8.78 Å². The first-order chi connectivity index (χ1) is 8.65. The molecule has 0 atom stereocenters. The van der Waals surface area contributed by atoms with Crippen molar-refractivity contribution in [2.24, 2.45) is 0 Å². The maximum Gasteiger partial charge on any atom is 0.182 e. The minimum absolute atomic E-state index is 0.298. The second-order valence-electron chi connectivity index (χ2n) is 3.80. The van der Waals surface area contributed by atoms with Crippen LogP contribution in [0.25, 0.3) is 17.0 Å². The van der Waals surface area contributed by atoms with E-state index in [-0.39, 0.29) is 0 Å². The largest absolute Gasteiger partial charge is 0.396 e. The molecule has 0 fully saturated rings. The summed E-state index contributed by atoms with van der Waals surface area (Å²) in [4.78, 5) is 4.19. The van der Waals surface area contributed by atoms with Gasteiger partial charge in [-0.2, -0.15) is 0 Å². The number of rotatable bonds is 1. The molecule has 0 aliphatic heterocycles. The van der Waals surface area contributed by atoms with Crippen molar-refractivity contribution in [1.29, 1.82) is 0 Å². The highest BCUT2D eigenvalue weighted by Gasteiger charge is 2.10. The Morgan fingerprint density at radius 1 is 1.11 bits per heavy atom. The van der Waals surface area contributed by atoms with Crippen molar-refractivity contribution in [3.05, 3.63) is 48.2 Å². The van der Waals surface area contributed by atoms with Crippen molar-refractivity contribution >= 4 is 11.3 Å². The molecule has 0 amide bonds. The fourth-order valence-electron chi connectivity index (χ4n) is 1.68. The summed E-state index contributed by atoms with van der Waals surface area (Å²) in [5.41, 5.74) is 7.10. The summed E-state index contributed by atoms with van der Waals surface area (Å²) in [6.07, 6.45) is 1.68. The molecule has 3 rings (SSSR count). The zero-order valence-corrected chi connectivity index (χ0v) is 9.14. The molecule has 4 nitrogen and oxygen atoms in total. The van der Waals surface area contributed by atoms with E-state index in [4.69, 9.17) is 5.73 Å². The van der Waals surface area contributed by atoms with Gasteiger partial charge in [0.2, 0.25) is 0 Å². The number of fused-ring (bicyclic) bond motifs is 1. The molecule has 0 aliphatic rings. The Hall–Kier alpha value is -2.50. The van der Waals surface area contributed by atoms with Gasteiger partial charge in [-0.1, -0.05) is 0 Å². The fraction of sp³-hybridized carbons (Fsp3) is 0. The maximum atomic E-state index is 13.1. The molecule has 18 heavy (non-hydrogen) atoms. The molecule has 90 valence electrons. The summed E-state index contributed by atoms with van der Waals surface area (Å²) in [6, 6.07) is 6.94.